The van der Waals surface area contributed by atoms with Gasteiger partial charge in [0.05, 0.1) is 6.61 Å². The molecule has 2 aromatic rings. The van der Waals surface area contributed by atoms with Crippen molar-refractivity contribution in [2.75, 3.05) is 25.1 Å². The first kappa shape index (κ1) is 9.59. The lowest BCUT2D eigenvalue weighted by atomic mass is 10.1. The minimum atomic E-state index is 0.589. The van der Waals surface area contributed by atoms with Gasteiger partial charge in [-0.3, -0.25) is 0 Å². The molecule has 0 saturated carbocycles. The molecular formula is C11H14N4O. The van der Waals surface area contributed by atoms with Crippen molar-refractivity contribution in [2.45, 2.75) is 6.42 Å². The zero-order valence-electron chi connectivity index (χ0n) is 8.97. The van der Waals surface area contributed by atoms with Gasteiger partial charge in [0.1, 0.15) is 0 Å². The normalized spacial score (nSPS) is 20.4. The van der Waals surface area contributed by atoms with Crippen molar-refractivity contribution in [1.82, 2.24) is 14.6 Å². The van der Waals surface area contributed by atoms with E-state index in [1.807, 2.05) is 24.4 Å². The summed E-state index contributed by atoms with van der Waals surface area (Å²) in [5.74, 6) is 1.28. The Morgan fingerprint density at radius 3 is 3.31 bits per heavy atom. The second-order valence-electron chi connectivity index (χ2n) is 4.05. The maximum atomic E-state index is 5.32. The van der Waals surface area contributed by atoms with E-state index in [1.54, 1.807) is 4.52 Å². The molecule has 5 heteroatoms. The highest BCUT2D eigenvalue weighted by Crippen LogP contribution is 2.13. The van der Waals surface area contributed by atoms with Crippen LogP contribution in [-0.2, 0) is 4.74 Å². The third kappa shape index (κ3) is 1.86. The molecule has 0 aliphatic carbocycles. The predicted molar refractivity (Wildman–Crippen MR) is 60.4 cm³/mol. The lowest BCUT2D eigenvalue weighted by molar-refractivity contribution is 0.187. The summed E-state index contributed by atoms with van der Waals surface area (Å²) in [6.45, 7) is 2.61. The van der Waals surface area contributed by atoms with Gasteiger partial charge in [-0.1, -0.05) is 6.07 Å². The Labute approximate surface area is 93.4 Å². The van der Waals surface area contributed by atoms with Crippen LogP contribution < -0.4 is 5.32 Å². The molecule has 1 atom stereocenters. The average Bonchev–Trinajstić information content (AvgIpc) is 2.95. The summed E-state index contributed by atoms with van der Waals surface area (Å²) in [5, 5.41) is 7.58. The molecular weight excluding hydrogens is 204 g/mol. The second-order valence-corrected chi connectivity index (χ2v) is 4.05. The summed E-state index contributed by atoms with van der Waals surface area (Å²) in [4.78, 5) is 4.37. The summed E-state index contributed by atoms with van der Waals surface area (Å²) < 4.78 is 7.09. The van der Waals surface area contributed by atoms with Crippen LogP contribution in [0.4, 0.5) is 5.95 Å². The van der Waals surface area contributed by atoms with Crippen molar-refractivity contribution in [2.24, 2.45) is 5.92 Å². The number of hydrogen-bond donors (Lipinski definition) is 1. The van der Waals surface area contributed by atoms with E-state index in [0.717, 1.165) is 31.8 Å². The summed E-state index contributed by atoms with van der Waals surface area (Å²) >= 11 is 0. The van der Waals surface area contributed by atoms with E-state index >= 15 is 0 Å². The molecule has 0 spiro atoms. The van der Waals surface area contributed by atoms with E-state index in [-0.39, 0.29) is 0 Å². The number of fused-ring (bicyclic) bond motifs is 1. The number of hydrogen-bond acceptors (Lipinski definition) is 4. The topological polar surface area (TPSA) is 51.5 Å². The highest BCUT2D eigenvalue weighted by Gasteiger charge is 2.15. The molecule has 0 aromatic carbocycles. The molecule has 5 nitrogen and oxygen atoms in total. The van der Waals surface area contributed by atoms with Gasteiger partial charge in [-0.2, -0.15) is 4.98 Å². The molecule has 1 N–H and O–H groups in total. The van der Waals surface area contributed by atoms with Crippen molar-refractivity contribution in [3.05, 3.63) is 24.4 Å². The Morgan fingerprint density at radius 2 is 2.50 bits per heavy atom. The zero-order chi connectivity index (χ0) is 10.8. The summed E-state index contributed by atoms with van der Waals surface area (Å²) in [6, 6.07) is 5.84. The smallest absolute Gasteiger partial charge is 0.243 e. The van der Waals surface area contributed by atoms with E-state index in [4.69, 9.17) is 4.74 Å². The van der Waals surface area contributed by atoms with Gasteiger partial charge in [0.25, 0.3) is 0 Å². The Morgan fingerprint density at radius 1 is 1.50 bits per heavy atom. The summed E-state index contributed by atoms with van der Waals surface area (Å²) in [6.07, 6.45) is 3.02. The van der Waals surface area contributed by atoms with E-state index in [0.29, 0.717) is 11.9 Å². The molecule has 2 aromatic heterocycles. The van der Waals surface area contributed by atoms with E-state index in [1.165, 1.54) is 0 Å². The average molecular weight is 218 g/mol. The lowest BCUT2D eigenvalue weighted by Gasteiger charge is -2.06. The van der Waals surface area contributed by atoms with Gasteiger partial charge in [0.2, 0.25) is 5.95 Å². The Balaban J connectivity index is 1.69. The lowest BCUT2D eigenvalue weighted by Crippen LogP contribution is -2.14. The number of aromatic nitrogens is 3. The molecule has 1 saturated heterocycles. The maximum Gasteiger partial charge on any atom is 0.243 e. The van der Waals surface area contributed by atoms with Gasteiger partial charge in [-0.05, 0) is 18.6 Å². The van der Waals surface area contributed by atoms with Crippen molar-refractivity contribution in [3.63, 3.8) is 0 Å². The van der Waals surface area contributed by atoms with Gasteiger partial charge in [0.15, 0.2) is 5.65 Å². The van der Waals surface area contributed by atoms with Crippen molar-refractivity contribution in [1.29, 1.82) is 0 Å². The van der Waals surface area contributed by atoms with E-state index in [9.17, 15) is 0 Å². The minimum Gasteiger partial charge on any atom is -0.381 e. The van der Waals surface area contributed by atoms with Crippen LogP contribution in [0.5, 0.6) is 0 Å². The van der Waals surface area contributed by atoms with Crippen LogP contribution in [0.1, 0.15) is 6.42 Å². The molecule has 0 bridgehead atoms. The van der Waals surface area contributed by atoms with Crippen LogP contribution >= 0.6 is 0 Å². The fraction of sp³-hybridized carbons (Fsp3) is 0.455. The quantitative estimate of drug-likeness (QED) is 0.840. The number of pyridine rings is 1. The van der Waals surface area contributed by atoms with Crippen molar-refractivity contribution < 1.29 is 4.74 Å². The van der Waals surface area contributed by atoms with Gasteiger partial charge in [-0.25, -0.2) is 4.52 Å². The van der Waals surface area contributed by atoms with E-state index < -0.39 is 0 Å². The molecule has 84 valence electrons. The van der Waals surface area contributed by atoms with Crippen molar-refractivity contribution in [3.8, 4) is 0 Å². The number of ether oxygens (including phenoxy) is 1. The Hall–Kier alpha value is -1.62. The van der Waals surface area contributed by atoms with Gasteiger partial charge >= 0.3 is 0 Å². The SMILES string of the molecule is c1ccn2nc(NCC3CCOC3)nc2c1. The molecule has 1 unspecified atom stereocenters. The standard InChI is InChI=1S/C11H14N4O/c1-2-5-15-10(3-1)13-11(14-15)12-7-9-4-6-16-8-9/h1-3,5,9H,4,6-8H2,(H,12,14). The number of rotatable bonds is 3. The molecule has 1 aliphatic heterocycles. The van der Waals surface area contributed by atoms with Crippen LogP contribution in [0.2, 0.25) is 0 Å². The molecule has 0 radical (unpaired) electrons. The maximum absolute atomic E-state index is 5.32. The molecule has 0 amide bonds. The fourth-order valence-electron chi connectivity index (χ4n) is 1.89. The van der Waals surface area contributed by atoms with E-state index in [2.05, 4.69) is 15.4 Å². The van der Waals surface area contributed by atoms with Crippen molar-refractivity contribution >= 4 is 11.6 Å². The molecule has 3 rings (SSSR count). The molecule has 16 heavy (non-hydrogen) atoms. The monoisotopic (exact) mass is 218 g/mol. The van der Waals surface area contributed by atoms with Crippen LogP contribution in [0.15, 0.2) is 24.4 Å². The number of nitrogens with zero attached hydrogens (tertiary/aromatic N) is 3. The highest BCUT2D eigenvalue weighted by atomic mass is 16.5. The first-order valence-corrected chi connectivity index (χ1v) is 5.55. The number of anilines is 1. The highest BCUT2D eigenvalue weighted by molar-refractivity contribution is 5.42. The van der Waals surface area contributed by atoms with Gasteiger partial charge in [0, 0.05) is 25.3 Å². The molecule has 1 aliphatic rings. The summed E-state index contributed by atoms with van der Waals surface area (Å²) in [7, 11) is 0. The largest absolute Gasteiger partial charge is 0.381 e. The van der Waals surface area contributed by atoms with Crippen LogP contribution in [-0.4, -0.2) is 34.4 Å². The fourth-order valence-corrected chi connectivity index (χ4v) is 1.89. The Kier molecular flexibility index (Phi) is 2.46. The Bertz CT molecular complexity index is 443. The van der Waals surface area contributed by atoms with Gasteiger partial charge < -0.3 is 10.1 Å². The first-order valence-electron chi connectivity index (χ1n) is 5.55. The van der Waals surface area contributed by atoms with Crippen LogP contribution in [0.25, 0.3) is 5.65 Å². The van der Waals surface area contributed by atoms with Crippen LogP contribution in [0, 0.1) is 5.92 Å². The molecule has 1 fully saturated rings. The predicted octanol–water partition coefficient (Wildman–Crippen LogP) is 1.18. The second kappa shape index (κ2) is 4.09. The first-order chi connectivity index (χ1) is 7.92. The number of nitrogens with one attached hydrogen (secondary N) is 1. The third-order valence-corrected chi connectivity index (χ3v) is 2.81. The van der Waals surface area contributed by atoms with Gasteiger partial charge in [-0.15, -0.1) is 5.10 Å². The third-order valence-electron chi connectivity index (χ3n) is 2.81. The molecule has 3 heterocycles. The summed E-state index contributed by atoms with van der Waals surface area (Å²) in [5.41, 5.74) is 0.868. The van der Waals surface area contributed by atoms with Crippen LogP contribution in [0.3, 0.4) is 0 Å². The zero-order valence-corrected chi connectivity index (χ0v) is 8.97. The minimum absolute atomic E-state index is 0.589.